The van der Waals surface area contributed by atoms with Gasteiger partial charge in [-0.2, -0.15) is 4.57 Å². The highest BCUT2D eigenvalue weighted by molar-refractivity contribution is 8.03. The standard InChI is InChI=1S/C29H33N2S4/c1-6-30-24-17-22(32-4)8-10-26(24)34-28(30)15-20-12-19(3)13-21(14-20)16-29-31(7-2)25-18-23(33-5)9-11-27(25)35-29/h8-11,14-19H,6-7,12-13H2,1-5H3/q+1. The molecule has 1 atom stereocenters. The van der Waals surface area contributed by atoms with E-state index in [2.05, 4.69) is 97.4 Å². The van der Waals surface area contributed by atoms with Crippen LogP contribution in [0.1, 0.15) is 38.6 Å². The van der Waals surface area contributed by atoms with Crippen molar-refractivity contribution in [3.63, 3.8) is 0 Å². The maximum Gasteiger partial charge on any atom is 0.263 e. The second-order valence-corrected chi connectivity index (χ2v) is 13.0. The molecule has 0 bridgehead atoms. The minimum Gasteiger partial charge on any atom is -0.335 e. The van der Waals surface area contributed by atoms with Crippen LogP contribution in [0.15, 0.2) is 79.4 Å². The predicted octanol–water partition coefficient (Wildman–Crippen LogP) is 8.87. The largest absolute Gasteiger partial charge is 0.335 e. The highest BCUT2D eigenvalue weighted by Crippen LogP contribution is 2.48. The summed E-state index contributed by atoms with van der Waals surface area (Å²) in [6.07, 6.45) is 13.9. The number of hydrogen-bond donors (Lipinski definition) is 0. The van der Waals surface area contributed by atoms with Gasteiger partial charge in [-0.3, -0.25) is 0 Å². The molecule has 2 aromatic carbocycles. The molecule has 0 spiro atoms. The molecule has 5 rings (SSSR count). The zero-order valence-corrected chi connectivity index (χ0v) is 24.4. The first kappa shape index (κ1) is 25.1. The first-order valence-electron chi connectivity index (χ1n) is 12.3. The quantitative estimate of drug-likeness (QED) is 0.229. The van der Waals surface area contributed by atoms with Gasteiger partial charge in [-0.15, -0.1) is 23.5 Å². The molecular formula is C29H33N2S4+. The van der Waals surface area contributed by atoms with Crippen molar-refractivity contribution in [2.75, 3.05) is 24.0 Å². The summed E-state index contributed by atoms with van der Waals surface area (Å²) in [7, 11) is 0. The lowest BCUT2D eigenvalue weighted by Gasteiger charge is -2.22. The van der Waals surface area contributed by atoms with Gasteiger partial charge in [-0.05, 0) is 92.7 Å². The van der Waals surface area contributed by atoms with Crippen molar-refractivity contribution in [1.29, 1.82) is 0 Å². The molecule has 1 unspecified atom stereocenters. The van der Waals surface area contributed by atoms with Crippen LogP contribution in [0.2, 0.25) is 0 Å². The molecule has 2 nitrogen and oxygen atoms in total. The lowest BCUT2D eigenvalue weighted by molar-refractivity contribution is -0.665. The maximum atomic E-state index is 2.48. The van der Waals surface area contributed by atoms with E-state index in [1.54, 1.807) is 0 Å². The summed E-state index contributed by atoms with van der Waals surface area (Å²) in [6, 6.07) is 13.7. The Morgan fingerprint density at radius 2 is 1.80 bits per heavy atom. The molecule has 6 heteroatoms. The van der Waals surface area contributed by atoms with Crippen molar-refractivity contribution in [2.45, 2.75) is 54.8 Å². The highest BCUT2D eigenvalue weighted by atomic mass is 32.2. The molecule has 1 aromatic heterocycles. The average molecular weight is 538 g/mol. The van der Waals surface area contributed by atoms with Gasteiger partial charge in [0.1, 0.15) is 11.2 Å². The third-order valence-electron chi connectivity index (χ3n) is 6.66. The second-order valence-electron chi connectivity index (χ2n) is 9.13. The Labute approximate surface area is 226 Å². The Hall–Kier alpha value is -1.60. The Bertz CT molecular complexity index is 1350. The van der Waals surface area contributed by atoms with E-state index in [0.717, 1.165) is 25.9 Å². The smallest absolute Gasteiger partial charge is 0.263 e. The van der Waals surface area contributed by atoms with Gasteiger partial charge >= 0.3 is 0 Å². The van der Waals surface area contributed by atoms with Crippen LogP contribution in [-0.4, -0.2) is 19.1 Å². The molecule has 2 heterocycles. The fraction of sp³-hybridized carbons (Fsp3) is 0.345. The normalized spacial score (nSPS) is 20.2. The molecular weight excluding hydrogens is 505 g/mol. The van der Waals surface area contributed by atoms with E-state index in [1.807, 2.05) is 46.6 Å². The maximum absolute atomic E-state index is 2.48. The number of nitrogens with zero attached hydrogens (tertiary/aromatic N) is 2. The van der Waals surface area contributed by atoms with Crippen molar-refractivity contribution in [1.82, 2.24) is 0 Å². The first-order valence-corrected chi connectivity index (χ1v) is 16.4. The lowest BCUT2D eigenvalue weighted by atomic mass is 9.87. The van der Waals surface area contributed by atoms with Gasteiger partial charge in [0.05, 0.1) is 10.7 Å². The zero-order valence-electron chi connectivity index (χ0n) is 21.1. The molecule has 2 aliphatic rings. The van der Waals surface area contributed by atoms with Crippen molar-refractivity contribution in [3.8, 4) is 0 Å². The van der Waals surface area contributed by atoms with E-state index in [4.69, 9.17) is 0 Å². The molecule has 0 radical (unpaired) electrons. The number of thiazole rings is 1. The van der Waals surface area contributed by atoms with Crippen LogP contribution in [0.3, 0.4) is 0 Å². The molecule has 1 aliphatic heterocycles. The van der Waals surface area contributed by atoms with Crippen molar-refractivity contribution in [2.24, 2.45) is 5.92 Å². The summed E-state index contributed by atoms with van der Waals surface area (Å²) in [5, 5.41) is 2.71. The number of allylic oxidation sites excluding steroid dienone is 4. The molecule has 0 fully saturated rings. The van der Waals surface area contributed by atoms with Crippen LogP contribution in [0.4, 0.5) is 5.69 Å². The van der Waals surface area contributed by atoms with Gasteiger partial charge in [0.15, 0.2) is 0 Å². The summed E-state index contributed by atoms with van der Waals surface area (Å²) in [5.74, 6) is 0.651. The SMILES string of the molecule is CCN1C(=CC2=CC(=Cc3sc4ccc(SC)cc4[n+]3CC)CC(C)C2)Sc2ccc(SC)cc21. The molecule has 0 saturated heterocycles. The van der Waals surface area contributed by atoms with E-state index in [-0.39, 0.29) is 0 Å². The van der Waals surface area contributed by atoms with Crippen LogP contribution >= 0.6 is 46.6 Å². The van der Waals surface area contributed by atoms with Gasteiger partial charge < -0.3 is 4.90 Å². The minimum atomic E-state index is 0.651. The van der Waals surface area contributed by atoms with Gasteiger partial charge in [-0.1, -0.05) is 36.1 Å². The van der Waals surface area contributed by atoms with E-state index >= 15 is 0 Å². The van der Waals surface area contributed by atoms with E-state index in [0.29, 0.717) is 5.92 Å². The number of rotatable bonds is 6. The third kappa shape index (κ3) is 5.13. The van der Waals surface area contributed by atoms with E-state index < -0.39 is 0 Å². The van der Waals surface area contributed by atoms with Gasteiger partial charge in [0.25, 0.3) is 5.01 Å². The number of aromatic nitrogens is 1. The van der Waals surface area contributed by atoms with Gasteiger partial charge in [0, 0.05) is 33.4 Å². The Morgan fingerprint density at radius 3 is 2.54 bits per heavy atom. The minimum absolute atomic E-state index is 0.651. The number of benzene rings is 2. The molecule has 182 valence electrons. The van der Waals surface area contributed by atoms with Crippen molar-refractivity contribution < 1.29 is 4.57 Å². The molecule has 35 heavy (non-hydrogen) atoms. The lowest BCUT2D eigenvalue weighted by Crippen LogP contribution is -2.33. The van der Waals surface area contributed by atoms with Gasteiger partial charge in [0.2, 0.25) is 5.52 Å². The summed E-state index contributed by atoms with van der Waals surface area (Å²) in [6.45, 7) is 8.89. The van der Waals surface area contributed by atoms with Gasteiger partial charge in [-0.25, -0.2) is 0 Å². The average Bonchev–Trinajstić information content (AvgIpc) is 3.38. The summed E-state index contributed by atoms with van der Waals surface area (Å²) >= 11 is 7.46. The molecule has 0 saturated carbocycles. The van der Waals surface area contributed by atoms with Crippen LogP contribution in [-0.2, 0) is 6.54 Å². The topological polar surface area (TPSA) is 7.12 Å². The van der Waals surface area contributed by atoms with Crippen LogP contribution in [0.5, 0.6) is 0 Å². The molecule has 0 N–H and O–H groups in total. The van der Waals surface area contributed by atoms with E-state index in [9.17, 15) is 0 Å². The van der Waals surface area contributed by atoms with E-state index in [1.165, 1.54) is 51.8 Å². The second kappa shape index (κ2) is 10.8. The molecule has 3 aromatic rings. The number of thioether (sulfide) groups is 3. The van der Waals surface area contributed by atoms with Crippen molar-refractivity contribution >= 4 is 68.6 Å². The fourth-order valence-electron chi connectivity index (χ4n) is 5.03. The monoisotopic (exact) mass is 537 g/mol. The number of aryl methyl sites for hydroxylation is 1. The number of hydrogen-bond acceptors (Lipinski definition) is 5. The Morgan fingerprint density at radius 1 is 1.03 bits per heavy atom. The predicted molar refractivity (Wildman–Crippen MR) is 159 cm³/mol. The zero-order chi connectivity index (χ0) is 24.5. The van der Waals surface area contributed by atoms with Crippen LogP contribution in [0.25, 0.3) is 16.3 Å². The Kier molecular flexibility index (Phi) is 7.73. The molecule has 1 aliphatic carbocycles. The summed E-state index contributed by atoms with van der Waals surface area (Å²) in [4.78, 5) is 6.51. The molecule has 0 amide bonds. The fourth-order valence-corrected chi connectivity index (χ4v) is 8.27. The summed E-state index contributed by atoms with van der Waals surface area (Å²) in [5.41, 5.74) is 5.61. The van der Waals surface area contributed by atoms with Crippen LogP contribution in [0, 0.1) is 5.92 Å². The first-order chi connectivity index (χ1) is 17.0. The van der Waals surface area contributed by atoms with Crippen LogP contribution < -0.4 is 9.47 Å². The third-order valence-corrected chi connectivity index (χ3v) is 10.3. The van der Waals surface area contributed by atoms with Crippen molar-refractivity contribution in [3.05, 3.63) is 69.7 Å². The number of fused-ring (bicyclic) bond motifs is 2. The Balaban J connectivity index is 1.49. The highest BCUT2D eigenvalue weighted by Gasteiger charge is 2.26. The summed E-state index contributed by atoms with van der Waals surface area (Å²) < 4.78 is 3.85. The number of anilines is 1.